The summed E-state index contributed by atoms with van der Waals surface area (Å²) in [4.78, 5) is 38.1. The molecule has 2 atom stereocenters. The fourth-order valence-electron chi connectivity index (χ4n) is 6.02. The summed E-state index contributed by atoms with van der Waals surface area (Å²) in [6.45, 7) is 6.17. The Kier molecular flexibility index (Phi) is 10.1. The van der Waals surface area contributed by atoms with E-state index in [2.05, 4.69) is 13.8 Å². The predicted molar refractivity (Wildman–Crippen MR) is 166 cm³/mol. The van der Waals surface area contributed by atoms with Crippen LogP contribution in [0.15, 0.2) is 54.6 Å². The molecule has 0 aromatic heterocycles. The van der Waals surface area contributed by atoms with E-state index in [0.29, 0.717) is 65.5 Å². The zero-order valence-electron chi connectivity index (χ0n) is 25.6. The van der Waals surface area contributed by atoms with E-state index >= 15 is 0 Å². The number of likely N-dealkylation sites (tertiary alicyclic amines) is 1. The topological polar surface area (TPSA) is 132 Å². The van der Waals surface area contributed by atoms with Gasteiger partial charge in [0.1, 0.15) is 18.1 Å². The molecule has 5 rings (SSSR count). The van der Waals surface area contributed by atoms with Crippen LogP contribution in [0.1, 0.15) is 61.0 Å². The van der Waals surface area contributed by atoms with Gasteiger partial charge in [-0.1, -0.05) is 32.0 Å². The molecule has 0 spiro atoms. The maximum Gasteiger partial charge on any atom is 0.303 e. The van der Waals surface area contributed by atoms with Gasteiger partial charge in [0.05, 0.1) is 6.61 Å². The van der Waals surface area contributed by atoms with Gasteiger partial charge in [-0.2, -0.15) is 0 Å². The van der Waals surface area contributed by atoms with Gasteiger partial charge in [0.15, 0.2) is 11.5 Å². The van der Waals surface area contributed by atoms with Crippen molar-refractivity contribution >= 4 is 17.8 Å². The number of amides is 1. The zero-order chi connectivity index (χ0) is 31.9. The molecular weight excluding hydrogens is 578 g/mol. The Morgan fingerprint density at radius 3 is 2.38 bits per heavy atom. The molecule has 2 aliphatic rings. The largest absolute Gasteiger partial charge is 0.493 e. The van der Waals surface area contributed by atoms with Crippen LogP contribution in [0, 0.1) is 11.8 Å². The van der Waals surface area contributed by atoms with Gasteiger partial charge in [-0.05, 0) is 84.2 Å². The van der Waals surface area contributed by atoms with Gasteiger partial charge in [0, 0.05) is 37.1 Å². The van der Waals surface area contributed by atoms with Crippen molar-refractivity contribution in [1.82, 2.24) is 4.90 Å². The average molecular weight is 618 g/mol. The van der Waals surface area contributed by atoms with Crippen molar-refractivity contribution < 1.29 is 43.5 Å². The Hall–Kier alpha value is -4.73. The van der Waals surface area contributed by atoms with Crippen LogP contribution >= 0.6 is 0 Å². The first-order chi connectivity index (χ1) is 21.7. The van der Waals surface area contributed by atoms with Crippen LogP contribution in [0.25, 0.3) is 11.1 Å². The third-order valence-electron chi connectivity index (χ3n) is 8.02. The molecule has 10 heteroatoms. The highest BCUT2D eigenvalue weighted by Gasteiger charge is 2.27. The maximum absolute atomic E-state index is 13.8. The summed E-state index contributed by atoms with van der Waals surface area (Å²) in [5.41, 5.74) is 3.58. The van der Waals surface area contributed by atoms with Gasteiger partial charge >= 0.3 is 11.9 Å². The molecule has 1 saturated heterocycles. The number of hydrogen-bond donors (Lipinski definition) is 2. The summed E-state index contributed by atoms with van der Waals surface area (Å²) in [5, 5.41) is 18.3. The van der Waals surface area contributed by atoms with Gasteiger partial charge in [-0.3, -0.25) is 14.4 Å². The van der Waals surface area contributed by atoms with E-state index in [1.807, 2.05) is 41.3 Å². The third kappa shape index (κ3) is 8.26. The molecule has 3 aromatic rings. The Morgan fingerprint density at radius 1 is 0.867 bits per heavy atom. The summed E-state index contributed by atoms with van der Waals surface area (Å²) in [5.74, 6) is 1.21. The highest BCUT2D eigenvalue weighted by atomic mass is 16.7. The fraction of sp³-hybridized carbons (Fsp3) is 0.400. The summed E-state index contributed by atoms with van der Waals surface area (Å²) in [7, 11) is 0. The van der Waals surface area contributed by atoms with E-state index in [4.69, 9.17) is 24.1 Å². The van der Waals surface area contributed by atoms with E-state index in [1.165, 1.54) is 0 Å². The van der Waals surface area contributed by atoms with Crippen molar-refractivity contribution in [3.8, 4) is 34.1 Å². The number of fused-ring (bicyclic) bond motifs is 1. The molecule has 2 heterocycles. The first-order valence-electron chi connectivity index (χ1n) is 15.3. The summed E-state index contributed by atoms with van der Waals surface area (Å²) < 4.78 is 23.3. The minimum Gasteiger partial charge on any atom is -0.493 e. The van der Waals surface area contributed by atoms with E-state index in [0.717, 1.165) is 23.1 Å². The summed E-state index contributed by atoms with van der Waals surface area (Å²) >= 11 is 0. The summed E-state index contributed by atoms with van der Waals surface area (Å²) in [6, 6.07) is 16.6. The van der Waals surface area contributed by atoms with Crippen LogP contribution in [0.2, 0.25) is 0 Å². The van der Waals surface area contributed by atoms with Gasteiger partial charge in [-0.25, -0.2) is 0 Å². The molecule has 2 N–H and O–H groups in total. The molecule has 3 aromatic carbocycles. The number of hydrogen-bond acceptors (Lipinski definition) is 7. The second kappa shape index (κ2) is 14.4. The monoisotopic (exact) mass is 617 g/mol. The Morgan fingerprint density at radius 2 is 1.62 bits per heavy atom. The van der Waals surface area contributed by atoms with Crippen molar-refractivity contribution in [2.24, 2.45) is 11.8 Å². The van der Waals surface area contributed by atoms with E-state index in [9.17, 15) is 19.5 Å². The minimum absolute atomic E-state index is 0.0245. The van der Waals surface area contributed by atoms with Crippen LogP contribution in [0.3, 0.4) is 0 Å². The highest BCUT2D eigenvalue weighted by molar-refractivity contribution is 5.96. The lowest BCUT2D eigenvalue weighted by Gasteiger charge is -2.35. The van der Waals surface area contributed by atoms with Crippen molar-refractivity contribution in [3.63, 3.8) is 0 Å². The van der Waals surface area contributed by atoms with Crippen LogP contribution in [0.5, 0.6) is 23.0 Å². The molecule has 1 amide bonds. The molecule has 2 unspecified atom stereocenters. The number of carbonyl (C=O) groups excluding carboxylic acids is 1. The first kappa shape index (κ1) is 31.7. The van der Waals surface area contributed by atoms with Crippen LogP contribution < -0.4 is 18.9 Å². The molecule has 0 aliphatic carbocycles. The molecule has 1 fully saturated rings. The number of piperidine rings is 1. The number of nitrogens with zero attached hydrogens (tertiary/aromatic N) is 1. The van der Waals surface area contributed by atoms with Crippen LogP contribution in [-0.2, 0) is 22.6 Å². The van der Waals surface area contributed by atoms with E-state index in [-0.39, 0.29) is 45.2 Å². The molecule has 0 radical (unpaired) electrons. The fourth-order valence-corrected chi connectivity index (χ4v) is 6.02. The van der Waals surface area contributed by atoms with Gasteiger partial charge < -0.3 is 34.1 Å². The number of aliphatic carboxylic acids is 2. The van der Waals surface area contributed by atoms with E-state index < -0.39 is 11.9 Å². The van der Waals surface area contributed by atoms with Crippen molar-refractivity contribution in [2.45, 2.75) is 52.6 Å². The van der Waals surface area contributed by atoms with E-state index in [1.54, 1.807) is 18.2 Å². The number of carboxylic acids is 2. The third-order valence-corrected chi connectivity index (χ3v) is 8.02. The second-order valence-electron chi connectivity index (χ2n) is 11.9. The molecule has 0 saturated carbocycles. The Labute approximate surface area is 262 Å². The summed E-state index contributed by atoms with van der Waals surface area (Å²) in [6.07, 6.45) is 1.50. The van der Waals surface area contributed by atoms with Crippen molar-refractivity contribution in [1.29, 1.82) is 0 Å². The number of rotatable bonds is 13. The standard InChI is InChI=1S/C35H39NO9/c1-22-13-23(2)19-36(18-22)35(41)27-14-26(24-8-10-31-32(17-24)45-21-44-31)15-28(16-27)43-20-25-5-3-6-30(29(25)9-11-34(39)40)42-12-4-7-33(37)38/h3,5-6,8,10,14-17,22-23H,4,7,9,11-13,18-21H2,1-2H3,(H,37,38)(H,39,40). The SMILES string of the molecule is CC1CC(C)CN(C(=O)c2cc(OCc3cccc(OCCCC(=O)O)c3CCC(=O)O)cc(-c3ccc4c(c3)OCO4)c2)C1. The number of carbonyl (C=O) groups is 3. The Balaban J connectivity index is 1.43. The lowest BCUT2D eigenvalue weighted by molar-refractivity contribution is -0.138. The molecule has 2 aliphatic heterocycles. The zero-order valence-corrected chi connectivity index (χ0v) is 25.6. The number of carboxylic acid groups (broad SMARTS) is 2. The van der Waals surface area contributed by atoms with Gasteiger partial charge in [0.25, 0.3) is 5.91 Å². The number of ether oxygens (including phenoxy) is 4. The van der Waals surface area contributed by atoms with Crippen molar-refractivity contribution in [2.75, 3.05) is 26.5 Å². The highest BCUT2D eigenvalue weighted by Crippen LogP contribution is 2.38. The minimum atomic E-state index is -0.941. The lowest BCUT2D eigenvalue weighted by atomic mass is 9.91. The molecule has 238 valence electrons. The Bertz CT molecular complexity index is 1540. The normalized spacial score (nSPS) is 17.2. The second-order valence-corrected chi connectivity index (χ2v) is 11.9. The van der Waals surface area contributed by atoms with Crippen LogP contribution in [-0.4, -0.2) is 59.4 Å². The first-order valence-corrected chi connectivity index (χ1v) is 15.3. The molecule has 0 bridgehead atoms. The smallest absolute Gasteiger partial charge is 0.303 e. The molecule has 10 nitrogen and oxygen atoms in total. The lowest BCUT2D eigenvalue weighted by Crippen LogP contribution is -2.42. The average Bonchev–Trinajstić information content (AvgIpc) is 3.48. The van der Waals surface area contributed by atoms with Crippen LogP contribution in [0.4, 0.5) is 0 Å². The van der Waals surface area contributed by atoms with Crippen molar-refractivity contribution in [3.05, 3.63) is 71.3 Å². The predicted octanol–water partition coefficient (Wildman–Crippen LogP) is 6.04. The molecular formula is C35H39NO9. The quantitative estimate of drug-likeness (QED) is 0.220. The van der Waals surface area contributed by atoms with Gasteiger partial charge in [-0.15, -0.1) is 0 Å². The number of benzene rings is 3. The maximum atomic E-state index is 13.8. The van der Waals surface area contributed by atoms with Gasteiger partial charge in [0.2, 0.25) is 6.79 Å². The molecule has 45 heavy (non-hydrogen) atoms.